The first-order valence-corrected chi connectivity index (χ1v) is 11.7. The van der Waals surface area contributed by atoms with E-state index < -0.39 is 0 Å². The van der Waals surface area contributed by atoms with Crippen LogP contribution in [0.1, 0.15) is 43.9 Å². The molecule has 0 bridgehead atoms. The van der Waals surface area contributed by atoms with E-state index in [2.05, 4.69) is 40.2 Å². The number of amides is 3. The maximum atomic E-state index is 12.5. The van der Waals surface area contributed by atoms with Crippen LogP contribution in [0.25, 0.3) is 0 Å². The SMILES string of the molecule is Cc1cccc(NC(=O)Nc2cccc(CNC(=O)CCC3C(C)Nc4ccnn4C3C)c2)c1. The predicted molar refractivity (Wildman–Crippen MR) is 135 cm³/mol. The molecule has 0 fully saturated rings. The van der Waals surface area contributed by atoms with Crippen LogP contribution < -0.4 is 21.3 Å². The van der Waals surface area contributed by atoms with Crippen molar-refractivity contribution in [2.75, 3.05) is 16.0 Å². The van der Waals surface area contributed by atoms with Gasteiger partial charge >= 0.3 is 6.03 Å². The Hall–Kier alpha value is -3.81. The summed E-state index contributed by atoms with van der Waals surface area (Å²) < 4.78 is 2.00. The van der Waals surface area contributed by atoms with Gasteiger partial charge in [0.1, 0.15) is 5.82 Å². The van der Waals surface area contributed by atoms with E-state index in [1.54, 1.807) is 6.20 Å². The topological polar surface area (TPSA) is 100 Å². The molecule has 8 nitrogen and oxygen atoms in total. The molecule has 0 radical (unpaired) electrons. The van der Waals surface area contributed by atoms with Gasteiger partial charge in [-0.3, -0.25) is 4.79 Å². The molecule has 3 unspecified atom stereocenters. The first-order chi connectivity index (χ1) is 16.4. The van der Waals surface area contributed by atoms with Crippen molar-refractivity contribution in [3.05, 3.63) is 71.9 Å². The molecule has 2 heterocycles. The zero-order valence-electron chi connectivity index (χ0n) is 19.8. The second kappa shape index (κ2) is 10.4. The lowest BCUT2D eigenvalue weighted by atomic mass is 9.87. The summed E-state index contributed by atoms with van der Waals surface area (Å²) in [6.07, 6.45) is 3.03. The fourth-order valence-electron chi connectivity index (χ4n) is 4.55. The van der Waals surface area contributed by atoms with Crippen LogP contribution in [0.5, 0.6) is 0 Å². The Morgan fingerprint density at radius 3 is 2.53 bits per heavy atom. The number of rotatable bonds is 7. The summed E-state index contributed by atoms with van der Waals surface area (Å²) in [4.78, 5) is 24.8. The molecule has 8 heteroatoms. The van der Waals surface area contributed by atoms with Gasteiger partial charge in [0, 0.05) is 42.4 Å². The number of carbonyl (C=O) groups is 2. The van der Waals surface area contributed by atoms with Crippen LogP contribution in [0, 0.1) is 12.8 Å². The van der Waals surface area contributed by atoms with Crippen LogP contribution in [0.3, 0.4) is 0 Å². The summed E-state index contributed by atoms with van der Waals surface area (Å²) in [5.41, 5.74) is 3.40. The van der Waals surface area contributed by atoms with Crippen molar-refractivity contribution in [3.63, 3.8) is 0 Å². The lowest BCUT2D eigenvalue weighted by molar-refractivity contribution is -0.121. The molecular weight excluding hydrogens is 428 g/mol. The Morgan fingerprint density at radius 2 is 1.76 bits per heavy atom. The van der Waals surface area contributed by atoms with Crippen molar-refractivity contribution in [1.29, 1.82) is 0 Å². The summed E-state index contributed by atoms with van der Waals surface area (Å²) >= 11 is 0. The minimum Gasteiger partial charge on any atom is -0.367 e. The van der Waals surface area contributed by atoms with Gasteiger partial charge in [0.2, 0.25) is 5.91 Å². The molecule has 0 saturated carbocycles. The zero-order valence-corrected chi connectivity index (χ0v) is 19.8. The predicted octanol–water partition coefficient (Wildman–Crippen LogP) is 4.92. The summed E-state index contributed by atoms with van der Waals surface area (Å²) in [7, 11) is 0. The highest BCUT2D eigenvalue weighted by Gasteiger charge is 2.31. The minimum atomic E-state index is -0.309. The standard InChI is InChI=1S/C26H32N6O2/c1-17-6-4-8-21(14-17)30-26(34)31-22-9-5-7-20(15-22)16-27-25(33)11-10-23-18(2)29-24-12-13-28-32(24)19(23)3/h4-9,12-15,18-19,23,29H,10-11,16H2,1-3H3,(H,27,33)(H2,30,31,34). The molecule has 0 spiro atoms. The van der Waals surface area contributed by atoms with E-state index in [1.807, 2.05) is 66.2 Å². The summed E-state index contributed by atoms with van der Waals surface area (Å²) in [5, 5.41) is 16.5. The third-order valence-corrected chi connectivity index (χ3v) is 6.35. The molecule has 0 aliphatic carbocycles. The smallest absolute Gasteiger partial charge is 0.323 e. The Bertz CT molecular complexity index is 1160. The Balaban J connectivity index is 1.25. The number of benzene rings is 2. The highest BCUT2D eigenvalue weighted by molar-refractivity contribution is 5.99. The van der Waals surface area contributed by atoms with Crippen molar-refractivity contribution < 1.29 is 9.59 Å². The van der Waals surface area contributed by atoms with E-state index in [-0.39, 0.29) is 24.0 Å². The van der Waals surface area contributed by atoms with Crippen molar-refractivity contribution >= 4 is 29.1 Å². The van der Waals surface area contributed by atoms with Gasteiger partial charge in [-0.15, -0.1) is 0 Å². The molecule has 1 aliphatic rings. The van der Waals surface area contributed by atoms with Gasteiger partial charge in [0.15, 0.2) is 0 Å². The normalized spacial score (nSPS) is 19.0. The number of aromatic nitrogens is 2. The number of hydrogen-bond donors (Lipinski definition) is 4. The third-order valence-electron chi connectivity index (χ3n) is 6.35. The van der Waals surface area contributed by atoms with Gasteiger partial charge in [-0.1, -0.05) is 24.3 Å². The Morgan fingerprint density at radius 1 is 1.03 bits per heavy atom. The molecule has 3 aromatic rings. The minimum absolute atomic E-state index is 0.0150. The number of hydrogen-bond acceptors (Lipinski definition) is 4. The second-order valence-corrected chi connectivity index (χ2v) is 8.96. The molecule has 34 heavy (non-hydrogen) atoms. The number of carbonyl (C=O) groups excluding carboxylic acids is 2. The molecule has 1 aromatic heterocycles. The average Bonchev–Trinajstić information content (AvgIpc) is 3.26. The van der Waals surface area contributed by atoms with Crippen LogP contribution in [0.4, 0.5) is 22.0 Å². The van der Waals surface area contributed by atoms with E-state index in [1.165, 1.54) is 0 Å². The van der Waals surface area contributed by atoms with Gasteiger partial charge in [0.05, 0.1) is 12.2 Å². The van der Waals surface area contributed by atoms with Crippen LogP contribution >= 0.6 is 0 Å². The number of urea groups is 1. The Labute approximate surface area is 200 Å². The molecule has 4 rings (SSSR count). The molecular formula is C26H32N6O2. The van der Waals surface area contributed by atoms with Gasteiger partial charge in [-0.05, 0) is 62.6 Å². The molecule has 2 aromatic carbocycles. The van der Waals surface area contributed by atoms with E-state index >= 15 is 0 Å². The number of nitrogens with zero attached hydrogens (tertiary/aromatic N) is 2. The first kappa shape index (κ1) is 23.4. The Kier molecular flexibility index (Phi) is 7.15. The van der Waals surface area contributed by atoms with Crippen LogP contribution in [0.15, 0.2) is 60.8 Å². The fraction of sp³-hybridized carbons (Fsp3) is 0.346. The van der Waals surface area contributed by atoms with E-state index in [0.29, 0.717) is 24.6 Å². The lowest BCUT2D eigenvalue weighted by Gasteiger charge is -2.36. The van der Waals surface area contributed by atoms with E-state index in [4.69, 9.17) is 0 Å². The summed E-state index contributed by atoms with van der Waals surface area (Å²) in [6.45, 7) is 6.70. The molecule has 178 valence electrons. The van der Waals surface area contributed by atoms with Crippen LogP contribution in [-0.4, -0.2) is 27.8 Å². The zero-order chi connectivity index (χ0) is 24.1. The summed E-state index contributed by atoms with van der Waals surface area (Å²) in [6, 6.07) is 17.3. The monoisotopic (exact) mass is 460 g/mol. The van der Waals surface area contributed by atoms with Crippen LogP contribution in [0.2, 0.25) is 0 Å². The van der Waals surface area contributed by atoms with Gasteiger partial charge < -0.3 is 21.3 Å². The molecule has 0 saturated heterocycles. The average molecular weight is 461 g/mol. The molecule has 4 N–H and O–H groups in total. The number of nitrogens with one attached hydrogen (secondary N) is 4. The van der Waals surface area contributed by atoms with Crippen LogP contribution in [-0.2, 0) is 11.3 Å². The molecule has 1 aliphatic heterocycles. The fourth-order valence-corrected chi connectivity index (χ4v) is 4.55. The van der Waals surface area contributed by atoms with Crippen molar-refractivity contribution in [2.24, 2.45) is 5.92 Å². The quantitative estimate of drug-likeness (QED) is 0.402. The van der Waals surface area contributed by atoms with Gasteiger partial charge in [0.25, 0.3) is 0 Å². The molecule has 3 atom stereocenters. The van der Waals surface area contributed by atoms with Crippen molar-refractivity contribution in [1.82, 2.24) is 15.1 Å². The maximum absolute atomic E-state index is 12.5. The van der Waals surface area contributed by atoms with E-state index in [0.717, 1.165) is 29.1 Å². The summed E-state index contributed by atoms with van der Waals surface area (Å²) in [5.74, 6) is 1.36. The highest BCUT2D eigenvalue weighted by atomic mass is 16.2. The van der Waals surface area contributed by atoms with Gasteiger partial charge in [-0.2, -0.15) is 5.10 Å². The third kappa shape index (κ3) is 5.75. The number of aryl methyl sites for hydroxylation is 1. The lowest BCUT2D eigenvalue weighted by Crippen LogP contribution is -2.39. The van der Waals surface area contributed by atoms with Crippen molar-refractivity contribution in [2.45, 2.75) is 52.2 Å². The highest BCUT2D eigenvalue weighted by Crippen LogP contribution is 2.33. The number of anilines is 3. The van der Waals surface area contributed by atoms with Crippen molar-refractivity contribution in [3.8, 4) is 0 Å². The van der Waals surface area contributed by atoms with Gasteiger partial charge in [-0.25, -0.2) is 9.48 Å². The number of fused-ring (bicyclic) bond motifs is 1. The molecule has 3 amide bonds. The van der Waals surface area contributed by atoms with E-state index in [9.17, 15) is 9.59 Å². The maximum Gasteiger partial charge on any atom is 0.323 e. The second-order valence-electron chi connectivity index (χ2n) is 8.96. The first-order valence-electron chi connectivity index (χ1n) is 11.7. The largest absolute Gasteiger partial charge is 0.367 e.